The van der Waals surface area contributed by atoms with E-state index in [0.717, 1.165) is 12.1 Å². The maximum Gasteiger partial charge on any atom is 0.416 e. The summed E-state index contributed by atoms with van der Waals surface area (Å²) in [6.07, 6.45) is -4.32. The fourth-order valence-corrected chi connectivity index (χ4v) is 1.28. The molecule has 0 aliphatic heterocycles. The van der Waals surface area contributed by atoms with Crippen molar-refractivity contribution in [3.63, 3.8) is 0 Å². The Balaban J connectivity index is 2.49. The van der Waals surface area contributed by atoms with E-state index in [9.17, 15) is 13.2 Å². The first kappa shape index (κ1) is 13.8. The van der Waals surface area contributed by atoms with Gasteiger partial charge in [0, 0.05) is 12.6 Å². The Hall–Kier alpha value is -1.23. The minimum Gasteiger partial charge on any atom is -0.492 e. The predicted octanol–water partition coefficient (Wildman–Crippen LogP) is 3.08. The fourth-order valence-electron chi connectivity index (χ4n) is 1.28. The molecule has 0 saturated heterocycles. The van der Waals surface area contributed by atoms with Crippen LogP contribution >= 0.6 is 0 Å². The lowest BCUT2D eigenvalue weighted by Gasteiger charge is -2.11. The first-order valence-corrected chi connectivity index (χ1v) is 5.43. The minimum atomic E-state index is -4.32. The van der Waals surface area contributed by atoms with Gasteiger partial charge >= 0.3 is 6.18 Å². The highest BCUT2D eigenvalue weighted by molar-refractivity contribution is 5.30. The molecule has 1 rings (SSSR count). The standard InChI is InChI=1S/C12H16F3NO/c1-9(2)16-6-7-17-11-5-3-4-10(8-11)12(13,14)15/h3-5,8-9,16H,6-7H2,1-2H3. The SMILES string of the molecule is CC(C)NCCOc1cccc(C(F)(F)F)c1. The average molecular weight is 247 g/mol. The second-order valence-corrected chi connectivity index (χ2v) is 3.98. The van der Waals surface area contributed by atoms with Crippen molar-refractivity contribution in [3.05, 3.63) is 29.8 Å². The molecule has 0 radical (unpaired) electrons. The Morgan fingerprint density at radius 3 is 2.59 bits per heavy atom. The maximum absolute atomic E-state index is 12.4. The van der Waals surface area contributed by atoms with Crippen molar-refractivity contribution in [1.82, 2.24) is 5.32 Å². The van der Waals surface area contributed by atoms with Crippen LogP contribution in [0.4, 0.5) is 13.2 Å². The summed E-state index contributed by atoms with van der Waals surface area (Å²) in [4.78, 5) is 0. The van der Waals surface area contributed by atoms with Crippen LogP contribution in [0.25, 0.3) is 0 Å². The average Bonchev–Trinajstić information content (AvgIpc) is 2.23. The van der Waals surface area contributed by atoms with Crippen molar-refractivity contribution < 1.29 is 17.9 Å². The van der Waals surface area contributed by atoms with E-state index in [1.54, 1.807) is 0 Å². The topological polar surface area (TPSA) is 21.3 Å². The molecule has 5 heteroatoms. The lowest BCUT2D eigenvalue weighted by molar-refractivity contribution is -0.137. The first-order valence-electron chi connectivity index (χ1n) is 5.43. The van der Waals surface area contributed by atoms with Crippen LogP contribution in [0.5, 0.6) is 5.75 Å². The van der Waals surface area contributed by atoms with Gasteiger partial charge in [-0.25, -0.2) is 0 Å². The highest BCUT2D eigenvalue weighted by Crippen LogP contribution is 2.31. The molecule has 0 heterocycles. The summed E-state index contributed by atoms with van der Waals surface area (Å²) < 4.78 is 42.4. The molecule has 0 saturated carbocycles. The molecular weight excluding hydrogens is 231 g/mol. The van der Waals surface area contributed by atoms with Gasteiger partial charge in [0.1, 0.15) is 12.4 Å². The number of alkyl halides is 3. The molecule has 2 nitrogen and oxygen atoms in total. The lowest BCUT2D eigenvalue weighted by Crippen LogP contribution is -2.27. The first-order chi connectivity index (χ1) is 7.89. The van der Waals surface area contributed by atoms with Crippen LogP contribution in [-0.2, 0) is 6.18 Å². The Bertz CT molecular complexity index is 350. The monoisotopic (exact) mass is 247 g/mol. The second kappa shape index (κ2) is 5.91. The molecule has 0 aromatic heterocycles. The summed E-state index contributed by atoms with van der Waals surface area (Å²) in [6, 6.07) is 5.23. The largest absolute Gasteiger partial charge is 0.492 e. The van der Waals surface area contributed by atoms with E-state index in [0.29, 0.717) is 19.2 Å². The molecule has 0 fully saturated rings. The molecular formula is C12H16F3NO. The van der Waals surface area contributed by atoms with Crippen molar-refractivity contribution in [1.29, 1.82) is 0 Å². The summed E-state index contributed by atoms with van der Waals surface area (Å²) in [5, 5.41) is 3.11. The van der Waals surface area contributed by atoms with E-state index < -0.39 is 11.7 Å². The van der Waals surface area contributed by atoms with Crippen LogP contribution in [-0.4, -0.2) is 19.2 Å². The Kier molecular flexibility index (Phi) is 4.81. The quantitative estimate of drug-likeness (QED) is 0.807. The molecule has 0 aliphatic carbocycles. The van der Waals surface area contributed by atoms with Crippen LogP contribution in [0, 0.1) is 0 Å². The summed E-state index contributed by atoms with van der Waals surface area (Å²) in [5.41, 5.74) is -0.688. The Morgan fingerprint density at radius 2 is 2.00 bits per heavy atom. The maximum atomic E-state index is 12.4. The smallest absolute Gasteiger partial charge is 0.416 e. The number of ether oxygens (including phenoxy) is 1. The van der Waals surface area contributed by atoms with Crippen molar-refractivity contribution in [2.75, 3.05) is 13.2 Å². The van der Waals surface area contributed by atoms with E-state index >= 15 is 0 Å². The number of hydrogen-bond acceptors (Lipinski definition) is 2. The minimum absolute atomic E-state index is 0.241. The summed E-state index contributed by atoms with van der Waals surface area (Å²) in [6.45, 7) is 4.93. The van der Waals surface area contributed by atoms with E-state index in [1.807, 2.05) is 13.8 Å². The number of benzene rings is 1. The molecule has 1 aromatic rings. The normalized spacial score (nSPS) is 11.9. The van der Waals surface area contributed by atoms with E-state index in [4.69, 9.17) is 4.74 Å². The van der Waals surface area contributed by atoms with E-state index in [2.05, 4.69) is 5.32 Å². The number of hydrogen-bond donors (Lipinski definition) is 1. The Morgan fingerprint density at radius 1 is 1.29 bits per heavy atom. The van der Waals surface area contributed by atoms with Crippen LogP contribution in [0.3, 0.4) is 0 Å². The molecule has 1 aromatic carbocycles. The molecule has 0 unspecified atom stereocenters. The molecule has 96 valence electrons. The van der Waals surface area contributed by atoms with E-state index in [1.165, 1.54) is 12.1 Å². The van der Waals surface area contributed by atoms with Gasteiger partial charge in [0.05, 0.1) is 5.56 Å². The molecule has 0 aliphatic rings. The lowest BCUT2D eigenvalue weighted by atomic mass is 10.2. The molecule has 0 atom stereocenters. The molecule has 0 spiro atoms. The van der Waals surface area contributed by atoms with Crippen molar-refractivity contribution in [2.24, 2.45) is 0 Å². The number of rotatable bonds is 5. The number of nitrogens with one attached hydrogen (secondary N) is 1. The summed E-state index contributed by atoms with van der Waals surface area (Å²) in [5.74, 6) is 0.241. The van der Waals surface area contributed by atoms with Gasteiger partial charge in [-0.1, -0.05) is 19.9 Å². The summed E-state index contributed by atoms with van der Waals surface area (Å²) >= 11 is 0. The molecule has 17 heavy (non-hydrogen) atoms. The molecule has 0 amide bonds. The van der Waals surface area contributed by atoms with Crippen molar-refractivity contribution in [2.45, 2.75) is 26.1 Å². The van der Waals surface area contributed by atoms with Crippen LogP contribution < -0.4 is 10.1 Å². The van der Waals surface area contributed by atoms with Gasteiger partial charge in [0.25, 0.3) is 0 Å². The Labute approximate surface area is 98.8 Å². The van der Waals surface area contributed by atoms with Crippen LogP contribution in [0.1, 0.15) is 19.4 Å². The fraction of sp³-hybridized carbons (Fsp3) is 0.500. The van der Waals surface area contributed by atoms with Gasteiger partial charge in [-0.05, 0) is 18.2 Å². The van der Waals surface area contributed by atoms with Gasteiger partial charge in [-0.2, -0.15) is 13.2 Å². The third-order valence-corrected chi connectivity index (χ3v) is 2.08. The second-order valence-electron chi connectivity index (χ2n) is 3.98. The highest BCUT2D eigenvalue weighted by atomic mass is 19.4. The van der Waals surface area contributed by atoms with Gasteiger partial charge in [-0.3, -0.25) is 0 Å². The van der Waals surface area contributed by atoms with Crippen LogP contribution in [0.2, 0.25) is 0 Å². The zero-order valence-electron chi connectivity index (χ0n) is 9.84. The number of halogens is 3. The van der Waals surface area contributed by atoms with E-state index in [-0.39, 0.29) is 5.75 Å². The summed E-state index contributed by atoms with van der Waals surface area (Å²) in [7, 11) is 0. The van der Waals surface area contributed by atoms with Gasteiger partial charge in [0.2, 0.25) is 0 Å². The zero-order valence-corrected chi connectivity index (χ0v) is 9.84. The zero-order chi connectivity index (χ0) is 12.9. The predicted molar refractivity (Wildman–Crippen MR) is 60.1 cm³/mol. The van der Waals surface area contributed by atoms with Gasteiger partial charge < -0.3 is 10.1 Å². The highest BCUT2D eigenvalue weighted by Gasteiger charge is 2.30. The van der Waals surface area contributed by atoms with Gasteiger partial charge in [-0.15, -0.1) is 0 Å². The van der Waals surface area contributed by atoms with Crippen molar-refractivity contribution in [3.8, 4) is 5.75 Å². The van der Waals surface area contributed by atoms with Crippen LogP contribution in [0.15, 0.2) is 24.3 Å². The third-order valence-electron chi connectivity index (χ3n) is 2.08. The third kappa shape index (κ3) is 5.08. The molecule has 1 N–H and O–H groups in total. The van der Waals surface area contributed by atoms with Gasteiger partial charge in [0.15, 0.2) is 0 Å². The van der Waals surface area contributed by atoms with Crippen molar-refractivity contribution >= 4 is 0 Å². The molecule has 0 bridgehead atoms.